The molecule has 1 atom stereocenters. The number of anilines is 1. The Morgan fingerprint density at radius 1 is 1.47 bits per heavy atom. The Hall–Kier alpha value is -1.12. The highest BCUT2D eigenvalue weighted by molar-refractivity contribution is 9.10. The van der Waals surface area contributed by atoms with Gasteiger partial charge in [0.05, 0.1) is 12.8 Å². The predicted molar refractivity (Wildman–Crippen MR) is 74.6 cm³/mol. The van der Waals surface area contributed by atoms with Crippen LogP contribution in [0.4, 0.5) is 5.69 Å². The molecule has 0 saturated carbocycles. The van der Waals surface area contributed by atoms with E-state index in [4.69, 9.17) is 9.88 Å². The van der Waals surface area contributed by atoms with Crippen molar-refractivity contribution in [3.8, 4) is 5.75 Å². The Morgan fingerprint density at radius 3 is 2.63 bits per heavy atom. The van der Waals surface area contributed by atoms with Gasteiger partial charge in [0.2, 0.25) is 15.9 Å². The number of hydrogen-bond donors (Lipinski definition) is 1. The molecule has 0 radical (unpaired) electrons. The average Bonchev–Trinajstić information content (AvgIpc) is 2.71. The lowest BCUT2D eigenvalue weighted by molar-refractivity contribution is -0.117. The van der Waals surface area contributed by atoms with Gasteiger partial charge in [-0.25, -0.2) is 13.6 Å². The summed E-state index contributed by atoms with van der Waals surface area (Å²) in [5.41, 5.74) is 0.608. The smallest absolute Gasteiger partial charge is 0.228 e. The van der Waals surface area contributed by atoms with Gasteiger partial charge in [0, 0.05) is 17.4 Å². The van der Waals surface area contributed by atoms with Crippen molar-refractivity contribution in [2.24, 2.45) is 5.14 Å². The molecule has 1 aromatic rings. The Kier molecular flexibility index (Phi) is 3.84. The molecule has 1 aromatic carbocycles. The summed E-state index contributed by atoms with van der Waals surface area (Å²) in [5.74, 6) is 0.384. The van der Waals surface area contributed by atoms with E-state index in [9.17, 15) is 13.2 Å². The van der Waals surface area contributed by atoms with Gasteiger partial charge in [0.15, 0.2) is 0 Å². The Bertz CT molecular complexity index is 617. The zero-order chi connectivity index (χ0) is 14.2. The molecular weight excluding hydrogens is 336 g/mol. The fourth-order valence-electron chi connectivity index (χ4n) is 1.96. The molecule has 0 bridgehead atoms. The van der Waals surface area contributed by atoms with Gasteiger partial charge in [-0.1, -0.05) is 0 Å². The number of sulfonamides is 1. The van der Waals surface area contributed by atoms with Crippen LogP contribution in [0.5, 0.6) is 5.75 Å². The van der Waals surface area contributed by atoms with Crippen LogP contribution in [0.15, 0.2) is 22.7 Å². The van der Waals surface area contributed by atoms with Gasteiger partial charge in [-0.15, -0.1) is 0 Å². The van der Waals surface area contributed by atoms with Crippen molar-refractivity contribution < 1.29 is 17.9 Å². The minimum absolute atomic E-state index is 0.0720. The summed E-state index contributed by atoms with van der Waals surface area (Å²) >= 11 is 3.34. The molecule has 0 aromatic heterocycles. The Morgan fingerprint density at radius 2 is 2.16 bits per heavy atom. The molecule has 1 amide bonds. The zero-order valence-electron chi connectivity index (χ0n) is 10.2. The van der Waals surface area contributed by atoms with Crippen LogP contribution in [0.25, 0.3) is 0 Å². The number of carbonyl (C=O) groups excluding carboxylic acids is 1. The molecule has 6 nitrogen and oxygen atoms in total. The maximum Gasteiger partial charge on any atom is 0.228 e. The monoisotopic (exact) mass is 348 g/mol. The number of methoxy groups -OCH3 is 1. The molecule has 1 unspecified atom stereocenters. The fourth-order valence-corrected chi connectivity index (χ4v) is 3.26. The lowest BCUT2D eigenvalue weighted by Gasteiger charge is -2.18. The number of rotatable bonds is 3. The first-order valence-corrected chi connectivity index (χ1v) is 7.88. The number of nitrogens with two attached hydrogens (primary N) is 1. The normalized spacial score (nSPS) is 19.8. The fraction of sp³-hybridized carbons (Fsp3) is 0.364. The second-order valence-corrected chi connectivity index (χ2v) is 6.94. The minimum Gasteiger partial charge on any atom is -0.497 e. The lowest BCUT2D eigenvalue weighted by Crippen LogP contribution is -2.32. The Balaban J connectivity index is 2.31. The van der Waals surface area contributed by atoms with E-state index in [1.807, 2.05) is 0 Å². The van der Waals surface area contributed by atoms with E-state index in [1.54, 1.807) is 25.3 Å². The summed E-state index contributed by atoms with van der Waals surface area (Å²) in [6.45, 7) is 0.0720. The highest BCUT2D eigenvalue weighted by atomic mass is 79.9. The van der Waals surface area contributed by atoms with Crippen LogP contribution in [-0.2, 0) is 14.8 Å². The van der Waals surface area contributed by atoms with E-state index in [0.29, 0.717) is 15.9 Å². The molecule has 1 aliphatic rings. The number of primary sulfonamides is 1. The van der Waals surface area contributed by atoms with Crippen molar-refractivity contribution in [1.29, 1.82) is 0 Å². The zero-order valence-corrected chi connectivity index (χ0v) is 12.6. The number of ether oxygens (including phenoxy) is 1. The summed E-state index contributed by atoms with van der Waals surface area (Å²) in [7, 11) is -2.16. The summed E-state index contributed by atoms with van der Waals surface area (Å²) in [6, 6.07) is 5.12. The third-order valence-electron chi connectivity index (χ3n) is 3.00. The highest BCUT2D eigenvalue weighted by Crippen LogP contribution is 2.33. The van der Waals surface area contributed by atoms with E-state index in [2.05, 4.69) is 15.9 Å². The number of carbonyl (C=O) groups is 1. The Labute approximate surface area is 119 Å². The van der Waals surface area contributed by atoms with Gasteiger partial charge < -0.3 is 9.64 Å². The van der Waals surface area contributed by atoms with Crippen LogP contribution in [0.1, 0.15) is 6.42 Å². The molecule has 19 heavy (non-hydrogen) atoms. The molecule has 1 aliphatic heterocycles. The van der Waals surface area contributed by atoms with Gasteiger partial charge in [-0.3, -0.25) is 4.79 Å². The SMILES string of the molecule is COc1ccc(N2CC(S(N)(=O)=O)CC2=O)c(Br)c1. The van der Waals surface area contributed by atoms with E-state index in [1.165, 1.54) is 4.90 Å². The first-order valence-electron chi connectivity index (χ1n) is 5.48. The standard InChI is InChI=1S/C11H13BrN2O4S/c1-18-7-2-3-10(9(12)4-7)14-6-8(5-11(14)15)19(13,16)17/h2-4,8H,5-6H2,1H3,(H2,13,16,17). The minimum atomic E-state index is -3.70. The van der Waals surface area contributed by atoms with Crippen LogP contribution in [-0.4, -0.2) is 33.2 Å². The van der Waals surface area contributed by atoms with Gasteiger partial charge in [-0.2, -0.15) is 0 Å². The van der Waals surface area contributed by atoms with E-state index < -0.39 is 15.3 Å². The molecule has 2 rings (SSSR count). The van der Waals surface area contributed by atoms with Gasteiger partial charge >= 0.3 is 0 Å². The molecule has 1 saturated heterocycles. The highest BCUT2D eigenvalue weighted by Gasteiger charge is 2.37. The van der Waals surface area contributed by atoms with E-state index >= 15 is 0 Å². The molecule has 104 valence electrons. The van der Waals surface area contributed by atoms with Gasteiger partial charge in [-0.05, 0) is 34.1 Å². The van der Waals surface area contributed by atoms with Crippen molar-refractivity contribution in [3.63, 3.8) is 0 Å². The maximum absolute atomic E-state index is 11.9. The largest absolute Gasteiger partial charge is 0.497 e. The number of amides is 1. The van der Waals surface area contributed by atoms with Crippen molar-refractivity contribution in [1.82, 2.24) is 0 Å². The second kappa shape index (κ2) is 5.10. The molecule has 0 spiro atoms. The summed E-state index contributed by atoms with van der Waals surface area (Å²) in [6.07, 6.45) is -0.0860. The number of nitrogens with zero attached hydrogens (tertiary/aromatic N) is 1. The van der Waals surface area contributed by atoms with Crippen LogP contribution < -0.4 is 14.8 Å². The van der Waals surface area contributed by atoms with Crippen LogP contribution in [0.2, 0.25) is 0 Å². The molecule has 1 heterocycles. The molecular formula is C11H13BrN2O4S. The number of benzene rings is 1. The van der Waals surface area contributed by atoms with Crippen LogP contribution in [0.3, 0.4) is 0 Å². The third-order valence-corrected chi connectivity index (χ3v) is 4.88. The quantitative estimate of drug-likeness (QED) is 0.876. The van der Waals surface area contributed by atoms with E-state index in [-0.39, 0.29) is 18.9 Å². The summed E-state index contributed by atoms with van der Waals surface area (Å²) < 4.78 is 28.3. The summed E-state index contributed by atoms with van der Waals surface area (Å²) in [4.78, 5) is 13.3. The van der Waals surface area contributed by atoms with Crippen LogP contribution >= 0.6 is 15.9 Å². The third kappa shape index (κ3) is 2.90. The average molecular weight is 349 g/mol. The molecule has 0 aliphatic carbocycles. The van der Waals surface area contributed by atoms with Crippen LogP contribution in [0, 0.1) is 0 Å². The maximum atomic E-state index is 11.9. The first-order chi connectivity index (χ1) is 8.82. The second-order valence-electron chi connectivity index (χ2n) is 4.24. The van der Waals surface area contributed by atoms with Crippen molar-refractivity contribution in [3.05, 3.63) is 22.7 Å². The van der Waals surface area contributed by atoms with Crippen molar-refractivity contribution >= 4 is 37.5 Å². The van der Waals surface area contributed by atoms with Gasteiger partial charge in [0.25, 0.3) is 0 Å². The predicted octanol–water partition coefficient (Wildman–Crippen LogP) is 0.852. The topological polar surface area (TPSA) is 89.7 Å². The first kappa shape index (κ1) is 14.3. The molecule has 8 heteroatoms. The van der Waals surface area contributed by atoms with Gasteiger partial charge in [0.1, 0.15) is 11.0 Å². The lowest BCUT2D eigenvalue weighted by atomic mass is 10.3. The van der Waals surface area contributed by atoms with Crippen molar-refractivity contribution in [2.45, 2.75) is 11.7 Å². The van der Waals surface area contributed by atoms with E-state index in [0.717, 1.165) is 0 Å². The molecule has 1 fully saturated rings. The molecule has 2 N–H and O–H groups in total. The van der Waals surface area contributed by atoms with Crippen molar-refractivity contribution in [2.75, 3.05) is 18.6 Å². The number of hydrogen-bond acceptors (Lipinski definition) is 4. The number of halogens is 1. The summed E-state index contributed by atoms with van der Waals surface area (Å²) in [5, 5.41) is 4.24.